The van der Waals surface area contributed by atoms with Gasteiger partial charge in [-0.1, -0.05) is 0 Å². The average Bonchev–Trinajstić information content (AvgIpc) is 2.64. The number of aliphatic imine (C=N–C) groups is 1. The highest BCUT2D eigenvalue weighted by molar-refractivity contribution is 14.0. The van der Waals surface area contributed by atoms with Crippen molar-refractivity contribution in [2.45, 2.75) is 26.4 Å². The Hall–Kier alpha value is -0.370. The molecule has 0 saturated carbocycles. The van der Waals surface area contributed by atoms with E-state index in [2.05, 4.69) is 34.5 Å². The van der Waals surface area contributed by atoms with Crippen molar-refractivity contribution in [3.05, 3.63) is 16.6 Å². The third-order valence-electron chi connectivity index (χ3n) is 1.54. The first-order chi connectivity index (χ1) is 6.72. The van der Waals surface area contributed by atoms with Crippen molar-refractivity contribution in [3.8, 4) is 0 Å². The molecular formula is C9H17IN4S. The van der Waals surface area contributed by atoms with Crippen molar-refractivity contribution in [1.82, 2.24) is 15.6 Å². The van der Waals surface area contributed by atoms with Crippen LogP contribution in [0, 0.1) is 0 Å². The lowest BCUT2D eigenvalue weighted by molar-refractivity contribution is 0.698. The molecule has 1 rings (SSSR count). The van der Waals surface area contributed by atoms with Crippen LogP contribution in [0.5, 0.6) is 0 Å². The van der Waals surface area contributed by atoms with E-state index in [0.29, 0.717) is 6.04 Å². The molecule has 0 bridgehead atoms. The van der Waals surface area contributed by atoms with Crippen molar-refractivity contribution in [2.24, 2.45) is 4.99 Å². The van der Waals surface area contributed by atoms with Gasteiger partial charge in [0.15, 0.2) is 5.96 Å². The van der Waals surface area contributed by atoms with Gasteiger partial charge in [0.2, 0.25) is 0 Å². The number of halogens is 1. The number of guanidine groups is 1. The van der Waals surface area contributed by atoms with Crippen molar-refractivity contribution < 1.29 is 0 Å². The number of aromatic nitrogens is 1. The lowest BCUT2D eigenvalue weighted by atomic mass is 10.4. The highest BCUT2D eigenvalue weighted by Gasteiger charge is 2.00. The number of rotatable bonds is 3. The number of thiazole rings is 1. The number of nitrogens with one attached hydrogen (secondary N) is 2. The van der Waals surface area contributed by atoms with Crippen LogP contribution in [0.3, 0.4) is 0 Å². The van der Waals surface area contributed by atoms with E-state index in [-0.39, 0.29) is 24.0 Å². The van der Waals surface area contributed by atoms with Crippen LogP contribution < -0.4 is 10.6 Å². The molecule has 0 atom stereocenters. The van der Waals surface area contributed by atoms with Crippen LogP contribution in [0.1, 0.15) is 18.9 Å². The quantitative estimate of drug-likeness (QED) is 0.502. The van der Waals surface area contributed by atoms with Gasteiger partial charge in [-0.2, -0.15) is 0 Å². The predicted octanol–water partition coefficient (Wildman–Crippen LogP) is 1.83. The van der Waals surface area contributed by atoms with Crippen LogP contribution in [-0.4, -0.2) is 24.0 Å². The smallest absolute Gasteiger partial charge is 0.191 e. The maximum atomic E-state index is 4.17. The monoisotopic (exact) mass is 340 g/mol. The summed E-state index contributed by atoms with van der Waals surface area (Å²) in [7, 11) is 1.76. The third kappa shape index (κ3) is 5.93. The Morgan fingerprint density at radius 3 is 2.80 bits per heavy atom. The Morgan fingerprint density at radius 1 is 1.60 bits per heavy atom. The largest absolute Gasteiger partial charge is 0.354 e. The molecule has 15 heavy (non-hydrogen) atoms. The van der Waals surface area contributed by atoms with E-state index in [1.54, 1.807) is 24.6 Å². The van der Waals surface area contributed by atoms with E-state index >= 15 is 0 Å². The van der Waals surface area contributed by atoms with Crippen LogP contribution in [0.4, 0.5) is 0 Å². The topological polar surface area (TPSA) is 49.3 Å². The molecule has 0 spiro atoms. The fraction of sp³-hybridized carbons (Fsp3) is 0.556. The molecule has 0 aliphatic carbocycles. The van der Waals surface area contributed by atoms with Gasteiger partial charge in [-0.05, 0) is 13.8 Å². The molecule has 2 N–H and O–H groups in total. The van der Waals surface area contributed by atoms with Gasteiger partial charge < -0.3 is 10.6 Å². The van der Waals surface area contributed by atoms with E-state index in [0.717, 1.165) is 17.5 Å². The minimum Gasteiger partial charge on any atom is -0.354 e. The van der Waals surface area contributed by atoms with Crippen molar-refractivity contribution >= 4 is 41.3 Å². The predicted molar refractivity (Wildman–Crippen MR) is 76.0 cm³/mol. The van der Waals surface area contributed by atoms with Gasteiger partial charge in [-0.3, -0.25) is 4.99 Å². The summed E-state index contributed by atoms with van der Waals surface area (Å²) in [6.45, 7) is 4.89. The van der Waals surface area contributed by atoms with E-state index in [4.69, 9.17) is 0 Å². The fourth-order valence-electron chi connectivity index (χ4n) is 0.968. The normalized spacial score (nSPS) is 11.1. The highest BCUT2D eigenvalue weighted by Crippen LogP contribution is 2.02. The van der Waals surface area contributed by atoms with Gasteiger partial charge in [-0.25, -0.2) is 4.98 Å². The molecule has 0 aliphatic heterocycles. The second-order valence-corrected chi connectivity index (χ2v) is 4.13. The Kier molecular flexibility index (Phi) is 7.67. The summed E-state index contributed by atoms with van der Waals surface area (Å²) in [6, 6.07) is 0.387. The van der Waals surface area contributed by atoms with Crippen LogP contribution in [0.2, 0.25) is 0 Å². The standard InChI is InChI=1S/C9H16N4S.HI/c1-7(2)13-9(10-3)12-6-8-11-4-5-14-8;/h4-5,7H,6H2,1-3H3,(H2,10,12,13);1H. The van der Waals surface area contributed by atoms with Gasteiger partial charge in [0.25, 0.3) is 0 Å². The zero-order chi connectivity index (χ0) is 10.4. The van der Waals surface area contributed by atoms with E-state index < -0.39 is 0 Å². The molecule has 4 nitrogen and oxygen atoms in total. The summed E-state index contributed by atoms with van der Waals surface area (Å²) < 4.78 is 0. The van der Waals surface area contributed by atoms with Crippen LogP contribution in [0.15, 0.2) is 16.6 Å². The summed E-state index contributed by atoms with van der Waals surface area (Å²) in [5, 5.41) is 9.43. The molecule has 1 heterocycles. The highest BCUT2D eigenvalue weighted by atomic mass is 127. The lowest BCUT2D eigenvalue weighted by Gasteiger charge is -2.13. The summed E-state index contributed by atoms with van der Waals surface area (Å²) in [6.07, 6.45) is 1.81. The number of hydrogen-bond donors (Lipinski definition) is 2. The molecule has 0 radical (unpaired) electrons. The molecule has 6 heteroatoms. The second-order valence-electron chi connectivity index (χ2n) is 3.15. The van der Waals surface area contributed by atoms with E-state index in [9.17, 15) is 0 Å². The zero-order valence-electron chi connectivity index (χ0n) is 9.15. The minimum absolute atomic E-state index is 0. The first-order valence-electron chi connectivity index (χ1n) is 4.58. The van der Waals surface area contributed by atoms with Crippen molar-refractivity contribution in [1.29, 1.82) is 0 Å². The molecule has 0 aliphatic rings. The summed E-state index contributed by atoms with van der Waals surface area (Å²) in [5.41, 5.74) is 0. The summed E-state index contributed by atoms with van der Waals surface area (Å²) >= 11 is 1.64. The minimum atomic E-state index is 0. The number of nitrogens with zero attached hydrogens (tertiary/aromatic N) is 2. The maximum absolute atomic E-state index is 4.17. The van der Waals surface area contributed by atoms with E-state index in [1.807, 2.05) is 5.38 Å². The van der Waals surface area contributed by atoms with Crippen LogP contribution in [0.25, 0.3) is 0 Å². The average molecular weight is 340 g/mol. The molecule has 0 saturated heterocycles. The third-order valence-corrected chi connectivity index (χ3v) is 2.32. The molecule has 0 fully saturated rings. The first kappa shape index (κ1) is 14.6. The Balaban J connectivity index is 0.00000196. The molecule has 0 aromatic carbocycles. The molecule has 0 amide bonds. The van der Waals surface area contributed by atoms with Crippen LogP contribution >= 0.6 is 35.3 Å². The molecule has 86 valence electrons. The number of hydrogen-bond acceptors (Lipinski definition) is 3. The fourth-order valence-corrected chi connectivity index (χ4v) is 1.52. The summed E-state index contributed by atoms with van der Waals surface area (Å²) in [5.74, 6) is 0.815. The lowest BCUT2D eigenvalue weighted by Crippen LogP contribution is -2.40. The van der Waals surface area contributed by atoms with Crippen molar-refractivity contribution in [3.63, 3.8) is 0 Å². The molecule has 1 aromatic rings. The molecule has 1 aromatic heterocycles. The van der Waals surface area contributed by atoms with Gasteiger partial charge in [0.05, 0.1) is 6.54 Å². The Bertz CT molecular complexity index is 284. The van der Waals surface area contributed by atoms with Gasteiger partial charge in [0, 0.05) is 24.7 Å². The van der Waals surface area contributed by atoms with E-state index in [1.165, 1.54) is 0 Å². The zero-order valence-corrected chi connectivity index (χ0v) is 12.3. The summed E-state index contributed by atoms with van der Waals surface area (Å²) in [4.78, 5) is 8.27. The Morgan fingerprint density at radius 2 is 2.33 bits per heavy atom. The Labute approximate surface area is 112 Å². The van der Waals surface area contributed by atoms with Gasteiger partial charge >= 0.3 is 0 Å². The van der Waals surface area contributed by atoms with Gasteiger partial charge in [-0.15, -0.1) is 35.3 Å². The van der Waals surface area contributed by atoms with Crippen molar-refractivity contribution in [2.75, 3.05) is 7.05 Å². The SMILES string of the molecule is CN=C(NCc1nccs1)NC(C)C.I. The first-order valence-corrected chi connectivity index (χ1v) is 5.46. The maximum Gasteiger partial charge on any atom is 0.191 e. The molecular weight excluding hydrogens is 323 g/mol. The molecule has 0 unspecified atom stereocenters. The van der Waals surface area contributed by atoms with Gasteiger partial charge in [0.1, 0.15) is 5.01 Å². The van der Waals surface area contributed by atoms with Crippen LogP contribution in [-0.2, 0) is 6.54 Å². The second kappa shape index (κ2) is 7.86.